The molecule has 0 amide bonds. The van der Waals surface area contributed by atoms with Crippen molar-refractivity contribution in [2.24, 2.45) is 0 Å². The molecule has 1 heterocycles. The molecule has 1 aromatic rings. The van der Waals surface area contributed by atoms with Gasteiger partial charge in [0.15, 0.2) is 0 Å². The number of fused-ring (bicyclic) bond motifs is 1. The number of benzene rings is 1. The Labute approximate surface area is 103 Å². The molecule has 0 saturated carbocycles. The van der Waals surface area contributed by atoms with Crippen LogP contribution in [0.25, 0.3) is 0 Å². The molecule has 0 spiro atoms. The quantitative estimate of drug-likeness (QED) is 0.775. The van der Waals surface area contributed by atoms with Gasteiger partial charge in [-0.15, -0.1) is 0 Å². The van der Waals surface area contributed by atoms with Gasteiger partial charge in [-0.1, -0.05) is 18.2 Å². The van der Waals surface area contributed by atoms with Crippen molar-refractivity contribution in [2.45, 2.75) is 44.7 Å². The summed E-state index contributed by atoms with van der Waals surface area (Å²) in [5, 5.41) is 9.08. The van der Waals surface area contributed by atoms with Crippen molar-refractivity contribution in [2.75, 3.05) is 6.54 Å². The van der Waals surface area contributed by atoms with Crippen molar-refractivity contribution in [3.8, 4) is 6.07 Å². The minimum atomic E-state index is 0.142. The van der Waals surface area contributed by atoms with E-state index in [4.69, 9.17) is 5.26 Å². The van der Waals surface area contributed by atoms with Crippen LogP contribution in [0.15, 0.2) is 18.2 Å². The predicted molar refractivity (Wildman–Crippen MR) is 67.5 cm³/mol. The minimum absolute atomic E-state index is 0.142. The summed E-state index contributed by atoms with van der Waals surface area (Å²) in [6.45, 7) is 2.03. The molecule has 1 aromatic carbocycles. The molecule has 88 valence electrons. The lowest BCUT2D eigenvalue weighted by atomic mass is 10.1. The Morgan fingerprint density at radius 2 is 2.12 bits per heavy atom. The summed E-state index contributed by atoms with van der Waals surface area (Å²) in [5.41, 5.74) is 4.45. The molecule has 1 saturated heterocycles. The lowest BCUT2D eigenvalue weighted by Gasteiger charge is -2.19. The van der Waals surface area contributed by atoms with Gasteiger partial charge in [0.25, 0.3) is 0 Å². The summed E-state index contributed by atoms with van der Waals surface area (Å²) in [6.07, 6.45) is 6.01. The van der Waals surface area contributed by atoms with Crippen LogP contribution in [0.1, 0.15) is 36.0 Å². The van der Waals surface area contributed by atoms with Crippen LogP contribution in [0.3, 0.4) is 0 Å². The van der Waals surface area contributed by atoms with Crippen molar-refractivity contribution in [3.05, 3.63) is 34.9 Å². The van der Waals surface area contributed by atoms with Crippen LogP contribution in [0.4, 0.5) is 0 Å². The molecule has 17 heavy (non-hydrogen) atoms. The third kappa shape index (κ3) is 2.08. The van der Waals surface area contributed by atoms with E-state index < -0.39 is 0 Å². The molecular weight excluding hydrogens is 208 g/mol. The first-order valence-electron chi connectivity index (χ1n) is 6.61. The first kappa shape index (κ1) is 10.8. The maximum atomic E-state index is 9.08. The second kappa shape index (κ2) is 4.50. The minimum Gasteiger partial charge on any atom is -0.284 e. The summed E-state index contributed by atoms with van der Waals surface area (Å²) < 4.78 is 0. The number of hydrogen-bond donors (Lipinski definition) is 0. The predicted octanol–water partition coefficient (Wildman–Crippen LogP) is 2.66. The van der Waals surface area contributed by atoms with Gasteiger partial charge in [-0.3, -0.25) is 4.90 Å². The average molecular weight is 226 g/mol. The Kier molecular flexibility index (Phi) is 2.86. The van der Waals surface area contributed by atoms with E-state index in [2.05, 4.69) is 29.2 Å². The highest BCUT2D eigenvalue weighted by molar-refractivity contribution is 5.35. The molecule has 1 unspecified atom stereocenters. The van der Waals surface area contributed by atoms with Crippen LogP contribution in [0.2, 0.25) is 0 Å². The number of aryl methyl sites for hydroxylation is 2. The molecule has 2 aliphatic rings. The largest absolute Gasteiger partial charge is 0.284 e. The summed E-state index contributed by atoms with van der Waals surface area (Å²) in [6, 6.07) is 9.44. The van der Waals surface area contributed by atoms with Crippen molar-refractivity contribution in [3.63, 3.8) is 0 Å². The Balaban J connectivity index is 1.75. The molecule has 1 aliphatic heterocycles. The summed E-state index contributed by atoms with van der Waals surface area (Å²) in [7, 11) is 0. The average Bonchev–Trinajstić information content (AvgIpc) is 2.96. The van der Waals surface area contributed by atoms with E-state index in [1.165, 1.54) is 42.4 Å². The molecule has 1 atom stereocenters. The number of rotatable bonds is 2. The van der Waals surface area contributed by atoms with E-state index in [1.807, 2.05) is 0 Å². The van der Waals surface area contributed by atoms with Gasteiger partial charge in [-0.25, -0.2) is 0 Å². The fourth-order valence-corrected chi connectivity index (χ4v) is 3.12. The second-order valence-electron chi connectivity index (χ2n) is 5.21. The lowest BCUT2D eigenvalue weighted by Crippen LogP contribution is -2.27. The second-order valence-corrected chi connectivity index (χ2v) is 5.21. The van der Waals surface area contributed by atoms with E-state index in [0.29, 0.717) is 0 Å². The maximum Gasteiger partial charge on any atom is 0.0981 e. The molecule has 1 fully saturated rings. The molecule has 0 radical (unpaired) electrons. The molecular formula is C15H18N2. The first-order valence-corrected chi connectivity index (χ1v) is 6.61. The Morgan fingerprint density at radius 3 is 3.00 bits per heavy atom. The molecule has 0 bridgehead atoms. The van der Waals surface area contributed by atoms with E-state index >= 15 is 0 Å². The van der Waals surface area contributed by atoms with E-state index in [0.717, 1.165) is 19.5 Å². The molecule has 0 N–H and O–H groups in total. The molecule has 2 nitrogen and oxygen atoms in total. The Morgan fingerprint density at radius 1 is 1.24 bits per heavy atom. The first-order chi connectivity index (χ1) is 8.36. The number of likely N-dealkylation sites (tertiary alicyclic amines) is 1. The molecule has 3 rings (SSSR count). The zero-order valence-electron chi connectivity index (χ0n) is 10.2. The monoisotopic (exact) mass is 226 g/mol. The third-order valence-electron chi connectivity index (χ3n) is 4.06. The van der Waals surface area contributed by atoms with Crippen molar-refractivity contribution >= 4 is 0 Å². The van der Waals surface area contributed by atoms with Crippen molar-refractivity contribution in [1.82, 2.24) is 4.90 Å². The van der Waals surface area contributed by atoms with Crippen LogP contribution >= 0.6 is 0 Å². The fourth-order valence-electron chi connectivity index (χ4n) is 3.12. The summed E-state index contributed by atoms with van der Waals surface area (Å²) >= 11 is 0. The standard InChI is InChI=1S/C15H18N2/c16-10-15-5-2-8-17(15)11-12-6-7-13-3-1-4-14(13)9-12/h6-7,9,15H,1-5,8,11H2. The number of hydrogen-bond acceptors (Lipinski definition) is 2. The van der Waals surface area contributed by atoms with Crippen LogP contribution in [-0.4, -0.2) is 17.5 Å². The van der Waals surface area contributed by atoms with Crippen LogP contribution in [0.5, 0.6) is 0 Å². The van der Waals surface area contributed by atoms with Crippen LogP contribution < -0.4 is 0 Å². The fraction of sp³-hybridized carbons (Fsp3) is 0.533. The molecule has 2 heteroatoms. The smallest absolute Gasteiger partial charge is 0.0981 e. The van der Waals surface area contributed by atoms with Gasteiger partial charge in [-0.2, -0.15) is 5.26 Å². The topological polar surface area (TPSA) is 27.0 Å². The normalized spacial score (nSPS) is 23.6. The zero-order valence-corrected chi connectivity index (χ0v) is 10.2. The van der Waals surface area contributed by atoms with Gasteiger partial charge < -0.3 is 0 Å². The molecule has 1 aliphatic carbocycles. The third-order valence-corrected chi connectivity index (χ3v) is 4.06. The highest BCUT2D eigenvalue weighted by atomic mass is 15.2. The SMILES string of the molecule is N#CC1CCCN1Cc1ccc2c(c1)CCC2. The number of nitrogens with zero attached hydrogens (tertiary/aromatic N) is 2. The van der Waals surface area contributed by atoms with Crippen LogP contribution in [0, 0.1) is 11.3 Å². The van der Waals surface area contributed by atoms with E-state index in [9.17, 15) is 0 Å². The maximum absolute atomic E-state index is 9.08. The summed E-state index contributed by atoms with van der Waals surface area (Å²) in [4.78, 5) is 2.32. The van der Waals surface area contributed by atoms with Gasteiger partial charge in [0.2, 0.25) is 0 Å². The number of nitriles is 1. The van der Waals surface area contributed by atoms with Gasteiger partial charge in [-0.05, 0) is 55.3 Å². The van der Waals surface area contributed by atoms with Crippen LogP contribution in [-0.2, 0) is 19.4 Å². The van der Waals surface area contributed by atoms with Crippen molar-refractivity contribution < 1.29 is 0 Å². The van der Waals surface area contributed by atoms with Gasteiger partial charge in [0.1, 0.15) is 0 Å². The van der Waals surface area contributed by atoms with Gasteiger partial charge >= 0.3 is 0 Å². The summed E-state index contributed by atoms with van der Waals surface area (Å²) in [5.74, 6) is 0. The highest BCUT2D eigenvalue weighted by Gasteiger charge is 2.24. The van der Waals surface area contributed by atoms with Gasteiger partial charge in [0, 0.05) is 6.54 Å². The zero-order chi connectivity index (χ0) is 11.7. The van der Waals surface area contributed by atoms with Crippen molar-refractivity contribution in [1.29, 1.82) is 5.26 Å². The lowest BCUT2D eigenvalue weighted by molar-refractivity contribution is 0.286. The van der Waals surface area contributed by atoms with Gasteiger partial charge in [0.05, 0.1) is 12.1 Å². The van der Waals surface area contributed by atoms with E-state index in [-0.39, 0.29) is 6.04 Å². The Bertz CT molecular complexity index is 458. The Hall–Kier alpha value is -1.33. The molecule has 0 aromatic heterocycles. The highest BCUT2D eigenvalue weighted by Crippen LogP contribution is 2.25. The van der Waals surface area contributed by atoms with E-state index in [1.54, 1.807) is 0 Å².